The van der Waals surface area contributed by atoms with Crippen LogP contribution in [0.25, 0.3) is 0 Å². The molecule has 0 saturated carbocycles. The lowest BCUT2D eigenvalue weighted by atomic mass is 10.1. The van der Waals surface area contributed by atoms with Gasteiger partial charge in [-0.15, -0.1) is 0 Å². The Hall–Kier alpha value is -2.38. The maximum atomic E-state index is 12.4. The highest BCUT2D eigenvalue weighted by Crippen LogP contribution is 2.34. The van der Waals surface area contributed by atoms with E-state index in [2.05, 4.69) is 5.32 Å². The molecule has 28 heavy (non-hydrogen) atoms. The van der Waals surface area contributed by atoms with Crippen LogP contribution in [0.1, 0.15) is 29.3 Å². The lowest BCUT2D eigenvalue weighted by Crippen LogP contribution is -2.31. The number of amides is 2. The summed E-state index contributed by atoms with van der Waals surface area (Å²) in [6.45, 7) is 2.03. The average molecular weight is 421 g/mol. The van der Waals surface area contributed by atoms with Crippen molar-refractivity contribution in [1.29, 1.82) is 0 Å². The third-order valence-electron chi connectivity index (χ3n) is 4.56. The Morgan fingerprint density at radius 3 is 2.57 bits per heavy atom. The highest BCUT2D eigenvalue weighted by atomic mass is 35.5. The molecular weight excluding hydrogens is 400 g/mol. The lowest BCUT2D eigenvalue weighted by Gasteiger charge is -2.17. The van der Waals surface area contributed by atoms with E-state index in [4.69, 9.17) is 11.6 Å². The smallest absolute Gasteiger partial charge is 0.251 e. The Bertz CT molecular complexity index is 993. The fourth-order valence-electron chi connectivity index (χ4n) is 3.12. The molecule has 2 aromatic rings. The Morgan fingerprint density at radius 1 is 1.21 bits per heavy atom. The van der Waals surface area contributed by atoms with Crippen LogP contribution in [0.15, 0.2) is 48.5 Å². The number of carbonyl (C=O) groups is 2. The summed E-state index contributed by atoms with van der Waals surface area (Å²) < 4.78 is 25.3. The van der Waals surface area contributed by atoms with Gasteiger partial charge in [0.2, 0.25) is 15.9 Å². The molecule has 1 saturated heterocycles. The van der Waals surface area contributed by atoms with E-state index in [1.807, 2.05) is 30.3 Å². The molecule has 8 heteroatoms. The Labute approximate surface area is 169 Å². The molecule has 0 spiro atoms. The molecule has 3 rings (SSSR count). The number of hydrogen-bond acceptors (Lipinski definition) is 4. The van der Waals surface area contributed by atoms with Crippen LogP contribution in [0.4, 0.5) is 5.69 Å². The molecule has 1 aliphatic heterocycles. The van der Waals surface area contributed by atoms with Gasteiger partial charge in [-0.2, -0.15) is 0 Å². The van der Waals surface area contributed by atoms with Crippen molar-refractivity contribution in [2.45, 2.75) is 19.8 Å². The van der Waals surface area contributed by atoms with Crippen molar-refractivity contribution in [3.05, 3.63) is 64.7 Å². The number of sulfonamides is 1. The topological polar surface area (TPSA) is 83.6 Å². The molecule has 0 aliphatic carbocycles. The van der Waals surface area contributed by atoms with E-state index >= 15 is 0 Å². The number of aryl methyl sites for hydroxylation is 1. The van der Waals surface area contributed by atoms with Crippen molar-refractivity contribution in [2.24, 2.45) is 5.92 Å². The van der Waals surface area contributed by atoms with E-state index in [-0.39, 0.29) is 27.9 Å². The number of carbonyl (C=O) groups excluding carboxylic acids is 2. The standard InChI is InChI=1S/C20H21ClN2O4S/c1-14-13-28(26,27)23(20(14)25)18-12-16(9-10-17(18)21)19(24)22-11-5-8-15-6-3-2-4-7-15/h2-4,6-7,9-10,12,14H,5,8,11,13H2,1H3,(H,22,24). The first-order valence-electron chi connectivity index (χ1n) is 8.98. The van der Waals surface area contributed by atoms with Gasteiger partial charge in [0, 0.05) is 12.1 Å². The number of nitrogens with zero attached hydrogens (tertiary/aromatic N) is 1. The maximum Gasteiger partial charge on any atom is 0.251 e. The van der Waals surface area contributed by atoms with E-state index in [0.29, 0.717) is 10.8 Å². The molecule has 1 heterocycles. The summed E-state index contributed by atoms with van der Waals surface area (Å²) in [4.78, 5) is 24.7. The number of rotatable bonds is 6. The van der Waals surface area contributed by atoms with Crippen LogP contribution >= 0.6 is 11.6 Å². The number of benzene rings is 2. The van der Waals surface area contributed by atoms with Gasteiger partial charge in [0.15, 0.2) is 0 Å². The first kappa shape index (κ1) is 20.4. The van der Waals surface area contributed by atoms with E-state index in [9.17, 15) is 18.0 Å². The summed E-state index contributed by atoms with van der Waals surface area (Å²) in [7, 11) is -3.79. The molecule has 6 nitrogen and oxygen atoms in total. The summed E-state index contributed by atoms with van der Waals surface area (Å²) in [6, 6.07) is 14.2. The summed E-state index contributed by atoms with van der Waals surface area (Å²) in [5.41, 5.74) is 1.46. The number of halogens is 1. The Balaban J connectivity index is 1.69. The third kappa shape index (κ3) is 4.36. The first-order valence-corrected chi connectivity index (χ1v) is 11.0. The van der Waals surface area contributed by atoms with Gasteiger partial charge >= 0.3 is 0 Å². The van der Waals surface area contributed by atoms with Gasteiger partial charge in [-0.05, 0) is 36.6 Å². The van der Waals surface area contributed by atoms with Crippen molar-refractivity contribution >= 4 is 39.1 Å². The number of hydrogen-bond donors (Lipinski definition) is 1. The van der Waals surface area contributed by atoms with Crippen LogP contribution in [0.5, 0.6) is 0 Å². The van der Waals surface area contributed by atoms with Crippen LogP contribution in [-0.2, 0) is 21.2 Å². The summed E-state index contributed by atoms with van der Waals surface area (Å²) in [6.07, 6.45) is 1.61. The second-order valence-electron chi connectivity index (χ2n) is 6.79. The largest absolute Gasteiger partial charge is 0.352 e. The van der Waals surface area contributed by atoms with Crippen LogP contribution in [-0.4, -0.2) is 32.5 Å². The van der Waals surface area contributed by atoms with E-state index in [0.717, 1.165) is 12.8 Å². The third-order valence-corrected chi connectivity index (χ3v) is 6.73. The van der Waals surface area contributed by atoms with Crippen molar-refractivity contribution < 1.29 is 18.0 Å². The van der Waals surface area contributed by atoms with Crippen LogP contribution in [0.3, 0.4) is 0 Å². The molecule has 0 radical (unpaired) electrons. The number of nitrogens with one attached hydrogen (secondary N) is 1. The molecule has 148 valence electrons. The van der Waals surface area contributed by atoms with Gasteiger partial charge in [-0.25, -0.2) is 12.7 Å². The second-order valence-corrected chi connectivity index (χ2v) is 9.06. The zero-order valence-corrected chi connectivity index (χ0v) is 17.0. The van der Waals surface area contributed by atoms with Crippen molar-refractivity contribution in [3.8, 4) is 0 Å². The Kier molecular flexibility index (Phi) is 6.05. The zero-order chi connectivity index (χ0) is 20.3. The summed E-state index contributed by atoms with van der Waals surface area (Å²) in [5, 5.41) is 2.92. The van der Waals surface area contributed by atoms with Gasteiger partial charge in [0.1, 0.15) is 0 Å². The van der Waals surface area contributed by atoms with Crippen molar-refractivity contribution in [1.82, 2.24) is 5.32 Å². The minimum atomic E-state index is -3.79. The van der Waals surface area contributed by atoms with Gasteiger partial charge in [-0.3, -0.25) is 9.59 Å². The van der Waals surface area contributed by atoms with E-state index in [1.54, 1.807) is 6.92 Å². The van der Waals surface area contributed by atoms with Gasteiger partial charge in [-0.1, -0.05) is 48.9 Å². The predicted octanol–water partition coefficient (Wildman–Crippen LogP) is 3.02. The fourth-order valence-corrected chi connectivity index (χ4v) is 5.20. The van der Waals surface area contributed by atoms with Crippen molar-refractivity contribution in [2.75, 3.05) is 16.6 Å². The molecular formula is C20H21ClN2O4S. The molecule has 1 N–H and O–H groups in total. The SMILES string of the molecule is CC1CS(=O)(=O)N(c2cc(C(=O)NCCCc3ccccc3)ccc2Cl)C1=O. The summed E-state index contributed by atoms with van der Waals surface area (Å²) >= 11 is 6.13. The molecule has 0 aromatic heterocycles. The molecule has 2 amide bonds. The van der Waals surface area contributed by atoms with Gasteiger partial charge in [0.05, 0.1) is 22.4 Å². The molecule has 0 bridgehead atoms. The highest BCUT2D eigenvalue weighted by molar-refractivity contribution is 7.94. The molecule has 1 fully saturated rings. The lowest BCUT2D eigenvalue weighted by molar-refractivity contribution is -0.119. The maximum absolute atomic E-state index is 12.4. The monoisotopic (exact) mass is 420 g/mol. The van der Waals surface area contributed by atoms with Crippen LogP contribution in [0, 0.1) is 5.92 Å². The number of anilines is 1. The van der Waals surface area contributed by atoms with Crippen molar-refractivity contribution in [3.63, 3.8) is 0 Å². The Morgan fingerprint density at radius 2 is 1.93 bits per heavy atom. The van der Waals surface area contributed by atoms with Gasteiger partial charge < -0.3 is 5.32 Å². The van der Waals surface area contributed by atoms with Crippen LogP contribution in [0.2, 0.25) is 5.02 Å². The molecule has 1 atom stereocenters. The average Bonchev–Trinajstić information content (AvgIpc) is 2.87. The second kappa shape index (κ2) is 8.32. The van der Waals surface area contributed by atoms with E-state index in [1.165, 1.54) is 23.8 Å². The van der Waals surface area contributed by atoms with Gasteiger partial charge in [0.25, 0.3) is 5.91 Å². The predicted molar refractivity (Wildman–Crippen MR) is 109 cm³/mol. The zero-order valence-electron chi connectivity index (χ0n) is 15.4. The minimum absolute atomic E-state index is 0.0213. The minimum Gasteiger partial charge on any atom is -0.352 e. The molecule has 2 aromatic carbocycles. The molecule has 1 unspecified atom stereocenters. The normalized spacial score (nSPS) is 18.3. The van der Waals surface area contributed by atoms with E-state index < -0.39 is 21.8 Å². The molecule has 1 aliphatic rings. The highest BCUT2D eigenvalue weighted by Gasteiger charge is 2.42. The first-order chi connectivity index (χ1) is 13.3. The quantitative estimate of drug-likeness (QED) is 0.728. The summed E-state index contributed by atoms with van der Waals surface area (Å²) in [5.74, 6) is -1.79. The fraction of sp³-hybridized carbons (Fsp3) is 0.300. The van der Waals surface area contributed by atoms with Crippen LogP contribution < -0.4 is 9.62 Å².